The Kier molecular flexibility index (Phi) is 4.96. The topological polar surface area (TPSA) is 84.9 Å². The maximum absolute atomic E-state index is 12.0. The fourth-order valence-corrected chi connectivity index (χ4v) is 1.42. The van der Waals surface area contributed by atoms with Crippen molar-refractivity contribution in [3.05, 3.63) is 23.8 Å². The zero-order valence-corrected chi connectivity index (χ0v) is 12.0. The zero-order valence-electron chi connectivity index (χ0n) is 12.0. The van der Waals surface area contributed by atoms with Crippen molar-refractivity contribution in [2.75, 3.05) is 20.8 Å². The van der Waals surface area contributed by atoms with Gasteiger partial charge in [0.25, 0.3) is 5.91 Å². The summed E-state index contributed by atoms with van der Waals surface area (Å²) in [5.74, 6) is -0.364. The second kappa shape index (κ2) is 6.27. The number of methoxy groups -OCH3 is 2. The van der Waals surface area contributed by atoms with Crippen LogP contribution in [-0.4, -0.2) is 37.7 Å². The average Bonchev–Trinajstić information content (AvgIpc) is 2.43. The number of aliphatic carboxylic acids is 1. The molecule has 0 spiro atoms. The lowest BCUT2D eigenvalue weighted by Crippen LogP contribution is -2.38. The van der Waals surface area contributed by atoms with Crippen LogP contribution < -0.4 is 14.8 Å². The predicted molar refractivity (Wildman–Crippen MR) is 73.3 cm³/mol. The number of rotatable bonds is 6. The molecule has 0 saturated heterocycles. The minimum atomic E-state index is -1.03. The maximum atomic E-state index is 12.0. The summed E-state index contributed by atoms with van der Waals surface area (Å²) in [7, 11) is 2.98. The lowest BCUT2D eigenvalue weighted by Gasteiger charge is -2.19. The van der Waals surface area contributed by atoms with E-state index in [0.717, 1.165) is 0 Å². The van der Waals surface area contributed by atoms with Gasteiger partial charge in [0.2, 0.25) is 0 Å². The minimum absolute atomic E-state index is 0.0285. The van der Waals surface area contributed by atoms with Crippen LogP contribution in [0.5, 0.6) is 11.5 Å². The fraction of sp³-hybridized carbons (Fsp3) is 0.429. The largest absolute Gasteiger partial charge is 0.497 e. The lowest BCUT2D eigenvalue weighted by atomic mass is 9.94. The predicted octanol–water partition coefficient (Wildman–Crippen LogP) is 1.54. The van der Waals surface area contributed by atoms with Gasteiger partial charge in [0.1, 0.15) is 11.5 Å². The molecule has 0 saturated carbocycles. The molecule has 6 nitrogen and oxygen atoms in total. The van der Waals surface area contributed by atoms with Crippen molar-refractivity contribution in [2.45, 2.75) is 13.8 Å². The molecule has 0 fully saturated rings. The summed E-state index contributed by atoms with van der Waals surface area (Å²) in [6, 6.07) is 4.77. The third kappa shape index (κ3) is 3.88. The third-order valence-electron chi connectivity index (χ3n) is 2.88. The molecule has 1 aromatic rings. The number of hydrogen-bond acceptors (Lipinski definition) is 4. The number of nitrogens with one attached hydrogen (secondary N) is 1. The normalized spacial score (nSPS) is 10.8. The van der Waals surface area contributed by atoms with Gasteiger partial charge in [-0.05, 0) is 26.0 Å². The van der Waals surface area contributed by atoms with E-state index in [2.05, 4.69) is 5.32 Å². The van der Waals surface area contributed by atoms with E-state index in [1.165, 1.54) is 14.2 Å². The summed E-state index contributed by atoms with van der Waals surface area (Å²) in [4.78, 5) is 23.0. The quantitative estimate of drug-likeness (QED) is 0.826. The molecule has 0 radical (unpaired) electrons. The van der Waals surface area contributed by atoms with Gasteiger partial charge in [-0.3, -0.25) is 9.59 Å². The van der Waals surface area contributed by atoms with E-state index in [0.29, 0.717) is 17.1 Å². The Morgan fingerprint density at radius 3 is 2.05 bits per heavy atom. The first-order valence-corrected chi connectivity index (χ1v) is 6.05. The molecule has 0 aliphatic heterocycles. The van der Waals surface area contributed by atoms with Crippen LogP contribution in [0, 0.1) is 5.41 Å². The molecule has 110 valence electrons. The smallest absolute Gasteiger partial charge is 0.310 e. The summed E-state index contributed by atoms with van der Waals surface area (Å²) < 4.78 is 10.2. The number of amides is 1. The Bertz CT molecular complexity index is 488. The molecule has 0 heterocycles. The van der Waals surface area contributed by atoms with E-state index >= 15 is 0 Å². The minimum Gasteiger partial charge on any atom is -0.497 e. The molecule has 1 aromatic carbocycles. The molecule has 0 atom stereocenters. The number of carboxylic acids is 1. The first-order valence-electron chi connectivity index (χ1n) is 6.05. The highest BCUT2D eigenvalue weighted by Gasteiger charge is 2.27. The highest BCUT2D eigenvalue weighted by atomic mass is 16.5. The second-order valence-electron chi connectivity index (χ2n) is 4.97. The SMILES string of the molecule is COc1cc(OC)cc(C(=O)NCC(C)(C)C(=O)O)c1. The molecular formula is C14H19NO5. The van der Waals surface area contributed by atoms with Gasteiger partial charge < -0.3 is 19.9 Å². The first-order chi connectivity index (χ1) is 9.30. The molecule has 0 unspecified atom stereocenters. The Hall–Kier alpha value is -2.24. The van der Waals surface area contributed by atoms with Crippen LogP contribution >= 0.6 is 0 Å². The second-order valence-corrected chi connectivity index (χ2v) is 4.97. The van der Waals surface area contributed by atoms with Crippen molar-refractivity contribution >= 4 is 11.9 Å². The Labute approximate surface area is 117 Å². The van der Waals surface area contributed by atoms with Gasteiger partial charge in [-0.25, -0.2) is 0 Å². The van der Waals surface area contributed by atoms with Gasteiger partial charge in [0, 0.05) is 18.2 Å². The summed E-state index contributed by atoms with van der Waals surface area (Å²) in [5.41, 5.74) is -0.680. The van der Waals surface area contributed by atoms with Crippen LogP contribution in [0.15, 0.2) is 18.2 Å². The van der Waals surface area contributed by atoms with Crippen molar-refractivity contribution in [2.24, 2.45) is 5.41 Å². The monoisotopic (exact) mass is 281 g/mol. The van der Waals surface area contributed by atoms with Crippen LogP contribution in [0.4, 0.5) is 0 Å². The van der Waals surface area contributed by atoms with E-state index in [1.807, 2.05) is 0 Å². The molecule has 1 amide bonds. The van der Waals surface area contributed by atoms with E-state index in [4.69, 9.17) is 14.6 Å². The number of carboxylic acid groups (broad SMARTS) is 1. The fourth-order valence-electron chi connectivity index (χ4n) is 1.42. The van der Waals surface area contributed by atoms with Crippen molar-refractivity contribution in [1.82, 2.24) is 5.32 Å². The van der Waals surface area contributed by atoms with Gasteiger partial charge in [-0.2, -0.15) is 0 Å². The third-order valence-corrected chi connectivity index (χ3v) is 2.88. The van der Waals surface area contributed by atoms with E-state index < -0.39 is 11.4 Å². The first kappa shape index (κ1) is 15.8. The molecule has 6 heteroatoms. The van der Waals surface area contributed by atoms with Gasteiger partial charge in [-0.1, -0.05) is 0 Å². The molecular weight excluding hydrogens is 262 g/mol. The standard InChI is InChI=1S/C14H19NO5/c1-14(2,13(17)18)8-15-12(16)9-5-10(19-3)7-11(6-9)20-4/h5-7H,8H2,1-4H3,(H,15,16)(H,17,18). The Balaban J connectivity index is 2.85. The van der Waals surface area contributed by atoms with Gasteiger partial charge >= 0.3 is 5.97 Å². The summed E-state index contributed by atoms with van der Waals surface area (Å²) in [6.07, 6.45) is 0. The highest BCUT2D eigenvalue weighted by molar-refractivity contribution is 5.95. The number of benzene rings is 1. The Morgan fingerprint density at radius 1 is 1.15 bits per heavy atom. The van der Waals surface area contributed by atoms with Gasteiger partial charge in [-0.15, -0.1) is 0 Å². The molecule has 0 aliphatic rings. The van der Waals surface area contributed by atoms with E-state index in [9.17, 15) is 9.59 Å². The zero-order chi connectivity index (χ0) is 15.3. The van der Waals surface area contributed by atoms with Crippen LogP contribution in [0.2, 0.25) is 0 Å². The summed E-state index contributed by atoms with van der Waals surface area (Å²) in [5, 5.41) is 11.6. The number of ether oxygens (including phenoxy) is 2. The highest BCUT2D eigenvalue weighted by Crippen LogP contribution is 2.22. The molecule has 0 bridgehead atoms. The van der Waals surface area contributed by atoms with Crippen LogP contribution in [-0.2, 0) is 4.79 Å². The lowest BCUT2D eigenvalue weighted by molar-refractivity contribution is -0.146. The molecule has 0 aromatic heterocycles. The van der Waals surface area contributed by atoms with Crippen LogP contribution in [0.25, 0.3) is 0 Å². The molecule has 0 aliphatic carbocycles. The summed E-state index contributed by atoms with van der Waals surface area (Å²) in [6.45, 7) is 3.12. The van der Waals surface area contributed by atoms with Gasteiger partial charge in [0.05, 0.1) is 19.6 Å². The van der Waals surface area contributed by atoms with Crippen molar-refractivity contribution in [1.29, 1.82) is 0 Å². The van der Waals surface area contributed by atoms with E-state index in [-0.39, 0.29) is 12.5 Å². The molecule has 1 rings (SSSR count). The van der Waals surface area contributed by atoms with Gasteiger partial charge in [0.15, 0.2) is 0 Å². The maximum Gasteiger partial charge on any atom is 0.310 e. The number of hydrogen-bond donors (Lipinski definition) is 2. The number of carbonyl (C=O) groups is 2. The summed E-state index contributed by atoms with van der Waals surface area (Å²) >= 11 is 0. The molecule has 20 heavy (non-hydrogen) atoms. The van der Waals surface area contributed by atoms with E-state index in [1.54, 1.807) is 32.0 Å². The van der Waals surface area contributed by atoms with Crippen molar-refractivity contribution < 1.29 is 24.2 Å². The average molecular weight is 281 g/mol. The Morgan fingerprint density at radius 2 is 1.65 bits per heavy atom. The number of carbonyl (C=O) groups excluding carboxylic acids is 1. The van der Waals surface area contributed by atoms with Crippen molar-refractivity contribution in [3.63, 3.8) is 0 Å². The van der Waals surface area contributed by atoms with Crippen LogP contribution in [0.1, 0.15) is 24.2 Å². The van der Waals surface area contributed by atoms with Crippen LogP contribution in [0.3, 0.4) is 0 Å². The van der Waals surface area contributed by atoms with Crippen molar-refractivity contribution in [3.8, 4) is 11.5 Å². The molecule has 2 N–H and O–H groups in total.